The number of unbranched alkanes of at least 4 members (excludes halogenated alkanes) is 1. The fraction of sp³-hybridized carbons (Fsp3) is 0.636. The van der Waals surface area contributed by atoms with Crippen LogP contribution in [0.5, 0.6) is 11.5 Å². The number of hydrogen-bond acceptors (Lipinski definition) is 6. The number of nitrogens with one attached hydrogen (secondary N) is 1. The molecule has 29 heavy (non-hydrogen) atoms. The van der Waals surface area contributed by atoms with Gasteiger partial charge in [0.2, 0.25) is 0 Å². The van der Waals surface area contributed by atoms with Crippen LogP contribution in [-0.2, 0) is 11.2 Å². The first-order chi connectivity index (χ1) is 13.9. The highest BCUT2D eigenvalue weighted by molar-refractivity contribution is 5.97. The fourth-order valence-electron chi connectivity index (χ4n) is 4.11. The Bertz CT molecular complexity index is 741. The van der Waals surface area contributed by atoms with E-state index in [2.05, 4.69) is 10.2 Å². The summed E-state index contributed by atoms with van der Waals surface area (Å²) in [4.78, 5) is 25.4. The topological polar surface area (TPSA) is 88.1 Å². The molecule has 2 N–H and O–H groups in total. The maximum absolute atomic E-state index is 11.6. The number of nitrogens with zero attached hydrogens (tertiary/aromatic N) is 1. The second kappa shape index (κ2) is 9.48. The maximum atomic E-state index is 11.6. The Morgan fingerprint density at radius 1 is 1.31 bits per heavy atom. The number of Topliss-reactive ketones (excluding diaryl/α,β-unsaturated/α-hetero) is 1. The molecule has 0 bridgehead atoms. The van der Waals surface area contributed by atoms with Gasteiger partial charge in [-0.2, -0.15) is 0 Å². The SMILES string of the molecule is CCCc1c(OCCCCN2CCC3(CC2)CNC(=O)O3)ccc(C(C)=O)c1O. The van der Waals surface area contributed by atoms with Gasteiger partial charge in [-0.1, -0.05) is 13.3 Å². The van der Waals surface area contributed by atoms with E-state index in [1.54, 1.807) is 12.1 Å². The van der Waals surface area contributed by atoms with Gasteiger partial charge in [-0.05, 0) is 44.9 Å². The van der Waals surface area contributed by atoms with Crippen LogP contribution in [0.1, 0.15) is 61.9 Å². The molecule has 0 aliphatic carbocycles. The van der Waals surface area contributed by atoms with Gasteiger partial charge in [0.15, 0.2) is 5.78 Å². The molecule has 3 rings (SSSR count). The van der Waals surface area contributed by atoms with Crippen LogP contribution in [0.2, 0.25) is 0 Å². The van der Waals surface area contributed by atoms with Gasteiger partial charge < -0.3 is 24.8 Å². The van der Waals surface area contributed by atoms with E-state index in [0.717, 1.165) is 57.3 Å². The molecule has 2 aliphatic heterocycles. The van der Waals surface area contributed by atoms with E-state index < -0.39 is 0 Å². The normalized spacial score (nSPS) is 18.5. The third-order valence-electron chi connectivity index (χ3n) is 5.88. The van der Waals surface area contributed by atoms with Crippen molar-refractivity contribution in [3.8, 4) is 11.5 Å². The van der Waals surface area contributed by atoms with Gasteiger partial charge >= 0.3 is 6.09 Å². The van der Waals surface area contributed by atoms with Crippen LogP contribution in [0.15, 0.2) is 12.1 Å². The number of alkyl carbamates (subject to hydrolysis) is 1. The fourth-order valence-corrected chi connectivity index (χ4v) is 4.11. The lowest BCUT2D eigenvalue weighted by atomic mass is 9.91. The summed E-state index contributed by atoms with van der Waals surface area (Å²) in [6, 6.07) is 3.43. The highest BCUT2D eigenvalue weighted by atomic mass is 16.6. The van der Waals surface area contributed by atoms with Gasteiger partial charge in [0.1, 0.15) is 17.1 Å². The number of phenols is 1. The number of amides is 1. The molecule has 0 radical (unpaired) electrons. The monoisotopic (exact) mass is 404 g/mol. The van der Waals surface area contributed by atoms with Crippen LogP contribution in [0.3, 0.4) is 0 Å². The average molecular weight is 405 g/mol. The summed E-state index contributed by atoms with van der Waals surface area (Å²) in [6.07, 6.45) is 4.95. The Morgan fingerprint density at radius 2 is 2.07 bits per heavy atom. The van der Waals surface area contributed by atoms with E-state index in [-0.39, 0.29) is 23.2 Å². The molecular formula is C22H32N2O5. The lowest BCUT2D eigenvalue weighted by Crippen LogP contribution is -2.46. The van der Waals surface area contributed by atoms with E-state index in [1.807, 2.05) is 6.92 Å². The number of carbonyl (C=O) groups is 2. The summed E-state index contributed by atoms with van der Waals surface area (Å²) in [7, 11) is 0. The van der Waals surface area contributed by atoms with Crippen molar-refractivity contribution in [1.29, 1.82) is 0 Å². The molecule has 0 unspecified atom stereocenters. The summed E-state index contributed by atoms with van der Waals surface area (Å²) in [5.41, 5.74) is 0.786. The first kappa shape index (κ1) is 21.4. The van der Waals surface area contributed by atoms with Crippen LogP contribution in [0, 0.1) is 0 Å². The second-order valence-corrected chi connectivity index (χ2v) is 8.07. The van der Waals surface area contributed by atoms with Gasteiger partial charge in [-0.25, -0.2) is 4.79 Å². The molecule has 1 amide bonds. The molecule has 0 atom stereocenters. The predicted molar refractivity (Wildman–Crippen MR) is 110 cm³/mol. The largest absolute Gasteiger partial charge is 0.507 e. The molecule has 2 saturated heterocycles. The molecule has 2 heterocycles. The Labute approximate surface area is 172 Å². The van der Waals surface area contributed by atoms with Gasteiger partial charge in [-0.15, -0.1) is 0 Å². The first-order valence-corrected chi connectivity index (χ1v) is 10.6. The van der Waals surface area contributed by atoms with Crippen LogP contribution < -0.4 is 10.1 Å². The third kappa shape index (κ3) is 5.21. The zero-order valence-corrected chi connectivity index (χ0v) is 17.5. The van der Waals surface area contributed by atoms with Crippen LogP contribution in [-0.4, -0.2) is 60.3 Å². The molecule has 7 nitrogen and oxygen atoms in total. The van der Waals surface area contributed by atoms with E-state index in [1.165, 1.54) is 6.92 Å². The number of hydrogen-bond donors (Lipinski definition) is 2. The Balaban J connectivity index is 1.41. The van der Waals surface area contributed by atoms with Crippen molar-refractivity contribution < 1.29 is 24.2 Å². The standard InChI is InChI=1S/C22H32N2O5/c1-3-6-18-19(8-7-17(16(2)25)20(18)26)28-14-5-4-11-24-12-9-22(10-13-24)15-23-21(27)29-22/h7-8,26H,3-6,9-15H2,1-2H3,(H,23,27). The minimum Gasteiger partial charge on any atom is -0.507 e. The molecule has 1 aromatic rings. The lowest BCUT2D eigenvalue weighted by molar-refractivity contribution is 0.000475. The number of rotatable bonds is 9. The van der Waals surface area contributed by atoms with E-state index >= 15 is 0 Å². The van der Waals surface area contributed by atoms with Gasteiger partial charge in [0.05, 0.1) is 18.7 Å². The van der Waals surface area contributed by atoms with Crippen LogP contribution in [0.25, 0.3) is 0 Å². The summed E-state index contributed by atoms with van der Waals surface area (Å²) in [5, 5.41) is 13.2. The van der Waals surface area contributed by atoms with Crippen molar-refractivity contribution in [2.75, 3.05) is 32.8 Å². The average Bonchev–Trinajstić information content (AvgIpc) is 3.05. The first-order valence-electron chi connectivity index (χ1n) is 10.6. The molecular weight excluding hydrogens is 372 g/mol. The Hall–Kier alpha value is -2.28. The Morgan fingerprint density at radius 3 is 2.69 bits per heavy atom. The highest BCUT2D eigenvalue weighted by Gasteiger charge is 2.42. The summed E-state index contributed by atoms with van der Waals surface area (Å²) in [6.45, 7) is 7.58. The van der Waals surface area contributed by atoms with Crippen molar-refractivity contribution in [1.82, 2.24) is 10.2 Å². The van der Waals surface area contributed by atoms with E-state index in [4.69, 9.17) is 9.47 Å². The minimum atomic E-state index is -0.291. The van der Waals surface area contributed by atoms with Crippen molar-refractivity contribution >= 4 is 11.9 Å². The number of carbonyl (C=O) groups excluding carboxylic acids is 2. The van der Waals surface area contributed by atoms with E-state index in [0.29, 0.717) is 30.9 Å². The molecule has 0 aromatic heterocycles. The molecule has 2 fully saturated rings. The maximum Gasteiger partial charge on any atom is 0.407 e. The highest BCUT2D eigenvalue weighted by Crippen LogP contribution is 2.33. The number of piperidine rings is 1. The molecule has 160 valence electrons. The van der Waals surface area contributed by atoms with Crippen molar-refractivity contribution in [2.24, 2.45) is 0 Å². The zero-order valence-electron chi connectivity index (χ0n) is 17.5. The van der Waals surface area contributed by atoms with Gasteiger partial charge in [0.25, 0.3) is 0 Å². The van der Waals surface area contributed by atoms with Gasteiger partial charge in [-0.3, -0.25) is 4.79 Å². The molecule has 7 heteroatoms. The smallest absolute Gasteiger partial charge is 0.407 e. The second-order valence-electron chi connectivity index (χ2n) is 8.07. The number of ketones is 1. The lowest BCUT2D eigenvalue weighted by Gasteiger charge is -2.37. The van der Waals surface area contributed by atoms with E-state index in [9.17, 15) is 14.7 Å². The molecule has 0 saturated carbocycles. The number of aromatic hydroxyl groups is 1. The number of likely N-dealkylation sites (tertiary alicyclic amines) is 1. The van der Waals surface area contributed by atoms with Crippen LogP contribution >= 0.6 is 0 Å². The van der Waals surface area contributed by atoms with Crippen molar-refractivity contribution in [3.05, 3.63) is 23.3 Å². The summed E-state index contributed by atoms with van der Waals surface area (Å²) < 4.78 is 11.4. The van der Waals surface area contributed by atoms with Crippen molar-refractivity contribution in [3.63, 3.8) is 0 Å². The summed E-state index contributed by atoms with van der Waals surface area (Å²) >= 11 is 0. The molecule has 1 aromatic carbocycles. The minimum absolute atomic E-state index is 0.0567. The summed E-state index contributed by atoms with van der Waals surface area (Å²) in [5.74, 6) is 0.587. The van der Waals surface area contributed by atoms with Gasteiger partial charge in [0, 0.05) is 31.5 Å². The predicted octanol–water partition coefficient (Wildman–Crippen LogP) is 3.28. The Kier molecular flexibility index (Phi) is 7.00. The van der Waals surface area contributed by atoms with Crippen LogP contribution in [0.4, 0.5) is 4.79 Å². The molecule has 1 spiro atoms. The number of benzene rings is 1. The van der Waals surface area contributed by atoms with Crippen molar-refractivity contribution in [2.45, 2.75) is 58.0 Å². The zero-order chi connectivity index (χ0) is 20.9. The quantitative estimate of drug-likeness (QED) is 0.485. The number of ether oxygens (including phenoxy) is 2. The third-order valence-corrected chi connectivity index (χ3v) is 5.88. The molecule has 2 aliphatic rings. The number of phenolic OH excluding ortho intramolecular Hbond substituents is 1.